The second-order valence-corrected chi connectivity index (χ2v) is 4.55. The van der Waals surface area contributed by atoms with Crippen molar-refractivity contribution in [2.45, 2.75) is 31.8 Å². The standard InChI is InChI=1S/C11H15N3O2/c1-7-5-9(13-16-7)11(15)14-4-2-3-8-10(14)6-12-8/h5,8,10,12H,2-4,6H2,1H3. The van der Waals surface area contributed by atoms with E-state index in [1.54, 1.807) is 13.0 Å². The van der Waals surface area contributed by atoms with Crippen molar-refractivity contribution in [1.29, 1.82) is 0 Å². The molecule has 3 rings (SSSR count). The van der Waals surface area contributed by atoms with E-state index in [1.807, 2.05) is 4.90 Å². The molecule has 0 radical (unpaired) electrons. The van der Waals surface area contributed by atoms with Crippen LogP contribution in [0.5, 0.6) is 0 Å². The van der Waals surface area contributed by atoms with Crippen molar-refractivity contribution < 1.29 is 9.32 Å². The first kappa shape index (κ1) is 9.84. The molecule has 5 heteroatoms. The summed E-state index contributed by atoms with van der Waals surface area (Å²) in [5.74, 6) is 0.691. The molecule has 16 heavy (non-hydrogen) atoms. The molecule has 2 unspecified atom stereocenters. The molecule has 2 aliphatic heterocycles. The smallest absolute Gasteiger partial charge is 0.276 e. The summed E-state index contributed by atoms with van der Waals surface area (Å²) in [6.07, 6.45) is 2.24. The average molecular weight is 221 g/mol. The fourth-order valence-electron chi connectivity index (χ4n) is 2.53. The van der Waals surface area contributed by atoms with E-state index in [0.717, 1.165) is 19.5 Å². The van der Waals surface area contributed by atoms with Crippen LogP contribution in [-0.2, 0) is 0 Å². The number of hydrogen-bond donors (Lipinski definition) is 1. The Morgan fingerprint density at radius 1 is 1.69 bits per heavy atom. The molecule has 5 nitrogen and oxygen atoms in total. The first-order valence-electron chi connectivity index (χ1n) is 5.73. The molecule has 0 aliphatic carbocycles. The third kappa shape index (κ3) is 1.43. The Hall–Kier alpha value is -1.36. The summed E-state index contributed by atoms with van der Waals surface area (Å²) in [7, 11) is 0. The van der Waals surface area contributed by atoms with Gasteiger partial charge in [-0.15, -0.1) is 0 Å². The van der Waals surface area contributed by atoms with Crippen LogP contribution in [0.25, 0.3) is 0 Å². The Morgan fingerprint density at radius 2 is 2.56 bits per heavy atom. The SMILES string of the molecule is Cc1cc(C(=O)N2CCCC3NCC32)no1. The number of fused-ring (bicyclic) bond motifs is 1. The number of nitrogens with one attached hydrogen (secondary N) is 1. The first-order chi connectivity index (χ1) is 7.75. The molecule has 2 saturated heterocycles. The number of aromatic nitrogens is 1. The van der Waals surface area contributed by atoms with Crippen molar-refractivity contribution in [2.75, 3.05) is 13.1 Å². The van der Waals surface area contributed by atoms with Crippen molar-refractivity contribution in [3.8, 4) is 0 Å². The normalized spacial score (nSPS) is 28.4. The van der Waals surface area contributed by atoms with Crippen LogP contribution in [0.15, 0.2) is 10.6 Å². The zero-order chi connectivity index (χ0) is 11.1. The van der Waals surface area contributed by atoms with Crippen molar-refractivity contribution in [3.05, 3.63) is 17.5 Å². The molecule has 86 valence electrons. The molecular formula is C11H15N3O2. The van der Waals surface area contributed by atoms with Gasteiger partial charge in [0.05, 0.1) is 6.04 Å². The van der Waals surface area contributed by atoms with Gasteiger partial charge in [0, 0.05) is 25.2 Å². The fourth-order valence-corrected chi connectivity index (χ4v) is 2.53. The minimum atomic E-state index is 0.00745. The van der Waals surface area contributed by atoms with Gasteiger partial charge in [0.2, 0.25) is 0 Å². The maximum atomic E-state index is 12.2. The topological polar surface area (TPSA) is 58.4 Å². The number of carbonyl (C=O) groups excluding carboxylic acids is 1. The van der Waals surface area contributed by atoms with E-state index >= 15 is 0 Å². The molecule has 1 aromatic rings. The van der Waals surface area contributed by atoms with Crippen molar-refractivity contribution >= 4 is 5.91 Å². The number of aryl methyl sites for hydroxylation is 1. The van der Waals surface area contributed by atoms with Gasteiger partial charge in [0.25, 0.3) is 5.91 Å². The highest BCUT2D eigenvalue weighted by Crippen LogP contribution is 2.24. The van der Waals surface area contributed by atoms with E-state index in [2.05, 4.69) is 10.5 Å². The molecule has 2 aliphatic rings. The highest BCUT2D eigenvalue weighted by Gasteiger charge is 2.40. The van der Waals surface area contributed by atoms with Gasteiger partial charge in [-0.05, 0) is 19.8 Å². The average Bonchev–Trinajstić information content (AvgIpc) is 2.65. The Bertz CT molecular complexity index is 415. The van der Waals surface area contributed by atoms with E-state index in [4.69, 9.17) is 4.52 Å². The van der Waals surface area contributed by atoms with E-state index < -0.39 is 0 Å². The second kappa shape index (κ2) is 3.59. The number of amides is 1. The third-order valence-electron chi connectivity index (χ3n) is 3.48. The minimum Gasteiger partial charge on any atom is -0.361 e. The quantitative estimate of drug-likeness (QED) is 0.752. The van der Waals surface area contributed by atoms with Crippen LogP contribution in [-0.4, -0.2) is 41.1 Å². The summed E-state index contributed by atoms with van der Waals surface area (Å²) in [6.45, 7) is 3.55. The summed E-state index contributed by atoms with van der Waals surface area (Å²) < 4.78 is 4.94. The van der Waals surface area contributed by atoms with Crippen molar-refractivity contribution in [3.63, 3.8) is 0 Å². The molecule has 2 atom stereocenters. The van der Waals surface area contributed by atoms with E-state index in [1.165, 1.54) is 6.42 Å². The van der Waals surface area contributed by atoms with Gasteiger partial charge in [-0.2, -0.15) is 0 Å². The maximum absolute atomic E-state index is 12.2. The van der Waals surface area contributed by atoms with Gasteiger partial charge >= 0.3 is 0 Å². The molecule has 0 aromatic carbocycles. The lowest BCUT2D eigenvalue weighted by atomic mass is 9.89. The molecule has 1 amide bonds. The minimum absolute atomic E-state index is 0.00745. The zero-order valence-corrected chi connectivity index (χ0v) is 9.27. The predicted octanol–water partition coefficient (Wildman–Crippen LogP) is 0.559. The van der Waals surface area contributed by atoms with Gasteiger partial charge in [-0.25, -0.2) is 0 Å². The molecule has 1 aromatic heterocycles. The lowest BCUT2D eigenvalue weighted by molar-refractivity contribution is 0.0356. The molecular weight excluding hydrogens is 206 g/mol. The number of likely N-dealkylation sites (tertiary alicyclic amines) is 1. The number of piperidine rings is 1. The lowest BCUT2D eigenvalue weighted by Crippen LogP contribution is -2.68. The van der Waals surface area contributed by atoms with E-state index in [-0.39, 0.29) is 5.91 Å². The van der Waals surface area contributed by atoms with Crippen LogP contribution in [0.2, 0.25) is 0 Å². The summed E-state index contributed by atoms with van der Waals surface area (Å²) in [5.41, 5.74) is 0.435. The molecule has 0 bridgehead atoms. The fraction of sp³-hybridized carbons (Fsp3) is 0.636. The number of hydrogen-bond acceptors (Lipinski definition) is 4. The summed E-state index contributed by atoms with van der Waals surface area (Å²) in [6, 6.07) is 2.56. The van der Waals surface area contributed by atoms with Crippen LogP contribution in [0, 0.1) is 6.92 Å². The van der Waals surface area contributed by atoms with Gasteiger partial charge in [-0.1, -0.05) is 5.16 Å². The summed E-state index contributed by atoms with van der Waals surface area (Å²) in [5, 5.41) is 7.14. The number of rotatable bonds is 1. The van der Waals surface area contributed by atoms with Gasteiger partial charge < -0.3 is 14.7 Å². The Balaban J connectivity index is 1.79. The predicted molar refractivity (Wildman–Crippen MR) is 57.1 cm³/mol. The number of carbonyl (C=O) groups is 1. The van der Waals surface area contributed by atoms with E-state index in [9.17, 15) is 4.79 Å². The van der Waals surface area contributed by atoms with Crippen LogP contribution in [0.1, 0.15) is 29.1 Å². The monoisotopic (exact) mass is 221 g/mol. The van der Waals surface area contributed by atoms with Gasteiger partial charge in [-0.3, -0.25) is 4.79 Å². The lowest BCUT2D eigenvalue weighted by Gasteiger charge is -2.48. The largest absolute Gasteiger partial charge is 0.361 e. The highest BCUT2D eigenvalue weighted by molar-refractivity contribution is 5.92. The van der Waals surface area contributed by atoms with E-state index in [0.29, 0.717) is 23.5 Å². The number of nitrogens with zero attached hydrogens (tertiary/aromatic N) is 2. The van der Waals surface area contributed by atoms with Crippen molar-refractivity contribution in [1.82, 2.24) is 15.4 Å². The van der Waals surface area contributed by atoms with Crippen LogP contribution >= 0.6 is 0 Å². The van der Waals surface area contributed by atoms with Crippen LogP contribution in [0.3, 0.4) is 0 Å². The summed E-state index contributed by atoms with van der Waals surface area (Å²) >= 11 is 0. The second-order valence-electron chi connectivity index (χ2n) is 4.55. The third-order valence-corrected chi connectivity index (χ3v) is 3.48. The van der Waals surface area contributed by atoms with Crippen molar-refractivity contribution in [2.24, 2.45) is 0 Å². The molecule has 1 N–H and O–H groups in total. The molecule has 3 heterocycles. The zero-order valence-electron chi connectivity index (χ0n) is 9.27. The first-order valence-corrected chi connectivity index (χ1v) is 5.73. The Morgan fingerprint density at radius 3 is 3.19 bits per heavy atom. The van der Waals surface area contributed by atoms with Crippen LogP contribution < -0.4 is 5.32 Å². The molecule has 0 spiro atoms. The Labute approximate surface area is 93.8 Å². The highest BCUT2D eigenvalue weighted by atomic mass is 16.5. The molecule has 2 fully saturated rings. The Kier molecular flexibility index (Phi) is 2.21. The molecule has 0 saturated carbocycles. The maximum Gasteiger partial charge on any atom is 0.276 e. The van der Waals surface area contributed by atoms with Gasteiger partial charge in [0.15, 0.2) is 5.69 Å². The van der Waals surface area contributed by atoms with Crippen LogP contribution in [0.4, 0.5) is 0 Å². The summed E-state index contributed by atoms with van der Waals surface area (Å²) in [4.78, 5) is 14.1. The van der Waals surface area contributed by atoms with Gasteiger partial charge in [0.1, 0.15) is 5.76 Å².